The number of halogens is 1. The van der Waals surface area contributed by atoms with Gasteiger partial charge in [0.25, 0.3) is 0 Å². The van der Waals surface area contributed by atoms with Gasteiger partial charge in [0.2, 0.25) is 0 Å². The van der Waals surface area contributed by atoms with Crippen molar-refractivity contribution < 1.29 is 4.42 Å². The Hall–Kier alpha value is -1.54. The summed E-state index contributed by atoms with van der Waals surface area (Å²) in [6.07, 6.45) is 2.56. The Morgan fingerprint density at radius 1 is 1.15 bits per heavy atom. The second kappa shape index (κ2) is 12.8. The Balaban J connectivity index is 0.00000338. The Morgan fingerprint density at radius 2 is 1.92 bits per heavy atom. The molecule has 0 amide bonds. The molecule has 0 radical (unpaired) electrons. The second-order valence-corrected chi connectivity index (χ2v) is 6.23. The summed E-state index contributed by atoms with van der Waals surface area (Å²) < 4.78 is 5.35. The van der Waals surface area contributed by atoms with E-state index in [0.29, 0.717) is 6.04 Å². The molecular formula is C20H31IN4O. The molecule has 1 atom stereocenters. The second-order valence-electron chi connectivity index (χ2n) is 6.23. The van der Waals surface area contributed by atoms with Crippen LogP contribution in [0.4, 0.5) is 0 Å². The number of aliphatic imine (C=N–C) groups is 1. The summed E-state index contributed by atoms with van der Waals surface area (Å²) in [5.41, 5.74) is 1.32. The first-order valence-electron chi connectivity index (χ1n) is 8.97. The van der Waals surface area contributed by atoms with Crippen LogP contribution in [0.5, 0.6) is 0 Å². The van der Waals surface area contributed by atoms with Gasteiger partial charge in [0.15, 0.2) is 5.96 Å². The van der Waals surface area contributed by atoms with Crippen LogP contribution >= 0.6 is 24.0 Å². The molecule has 0 aliphatic rings. The molecule has 1 aromatic heterocycles. The van der Waals surface area contributed by atoms with E-state index in [1.807, 2.05) is 18.2 Å². The minimum atomic E-state index is 0. The van der Waals surface area contributed by atoms with Gasteiger partial charge in [0.05, 0.1) is 12.8 Å². The molecule has 0 fully saturated rings. The lowest BCUT2D eigenvalue weighted by Crippen LogP contribution is -2.40. The van der Waals surface area contributed by atoms with E-state index in [1.165, 1.54) is 5.56 Å². The van der Waals surface area contributed by atoms with Gasteiger partial charge in [-0.3, -0.25) is 9.89 Å². The molecule has 0 saturated heterocycles. The molecule has 144 valence electrons. The summed E-state index contributed by atoms with van der Waals surface area (Å²) in [5, 5.41) is 6.66. The van der Waals surface area contributed by atoms with E-state index in [0.717, 1.165) is 44.3 Å². The van der Waals surface area contributed by atoms with Crippen molar-refractivity contribution in [3.63, 3.8) is 0 Å². The van der Waals surface area contributed by atoms with Crippen LogP contribution in [-0.4, -0.2) is 43.6 Å². The fourth-order valence-electron chi connectivity index (χ4n) is 2.49. The van der Waals surface area contributed by atoms with Gasteiger partial charge in [0, 0.05) is 32.1 Å². The highest BCUT2D eigenvalue weighted by molar-refractivity contribution is 14.0. The van der Waals surface area contributed by atoms with E-state index in [1.54, 1.807) is 6.26 Å². The SMILES string of the molecule is CCNC(=NCC(C)N(C)Cc1ccccc1)NCCc1ccco1.I. The average molecular weight is 470 g/mol. The van der Waals surface area contributed by atoms with E-state index < -0.39 is 0 Å². The van der Waals surface area contributed by atoms with E-state index >= 15 is 0 Å². The summed E-state index contributed by atoms with van der Waals surface area (Å²) in [6.45, 7) is 7.61. The van der Waals surface area contributed by atoms with Gasteiger partial charge < -0.3 is 15.1 Å². The van der Waals surface area contributed by atoms with Crippen molar-refractivity contribution in [2.24, 2.45) is 4.99 Å². The van der Waals surface area contributed by atoms with Crippen LogP contribution in [0, 0.1) is 0 Å². The zero-order valence-corrected chi connectivity index (χ0v) is 18.3. The molecule has 5 nitrogen and oxygen atoms in total. The van der Waals surface area contributed by atoms with Gasteiger partial charge in [-0.2, -0.15) is 0 Å². The Bertz CT molecular complexity index is 616. The number of rotatable bonds is 9. The molecule has 0 bridgehead atoms. The van der Waals surface area contributed by atoms with Crippen LogP contribution in [-0.2, 0) is 13.0 Å². The predicted octanol–water partition coefficient (Wildman–Crippen LogP) is 3.52. The number of likely N-dealkylation sites (N-methyl/N-ethyl adjacent to an activating group) is 1. The van der Waals surface area contributed by atoms with Crippen molar-refractivity contribution in [2.75, 3.05) is 26.7 Å². The van der Waals surface area contributed by atoms with Crippen molar-refractivity contribution in [2.45, 2.75) is 32.9 Å². The van der Waals surface area contributed by atoms with Crippen LogP contribution in [0.1, 0.15) is 25.2 Å². The lowest BCUT2D eigenvalue weighted by Gasteiger charge is -2.23. The maximum Gasteiger partial charge on any atom is 0.191 e. The normalized spacial score (nSPS) is 12.5. The monoisotopic (exact) mass is 470 g/mol. The lowest BCUT2D eigenvalue weighted by atomic mass is 10.2. The summed E-state index contributed by atoms with van der Waals surface area (Å²) in [7, 11) is 2.14. The third kappa shape index (κ3) is 8.23. The summed E-state index contributed by atoms with van der Waals surface area (Å²) >= 11 is 0. The zero-order chi connectivity index (χ0) is 17.9. The molecule has 0 spiro atoms. The topological polar surface area (TPSA) is 52.8 Å². The number of guanidine groups is 1. The molecule has 26 heavy (non-hydrogen) atoms. The summed E-state index contributed by atoms with van der Waals surface area (Å²) in [5.74, 6) is 1.84. The fourth-order valence-corrected chi connectivity index (χ4v) is 2.49. The van der Waals surface area contributed by atoms with Crippen molar-refractivity contribution >= 4 is 29.9 Å². The van der Waals surface area contributed by atoms with Crippen LogP contribution in [0.2, 0.25) is 0 Å². The zero-order valence-electron chi connectivity index (χ0n) is 15.9. The number of hydrogen-bond donors (Lipinski definition) is 2. The van der Waals surface area contributed by atoms with Gasteiger partial charge in [-0.05, 0) is 38.6 Å². The molecule has 1 unspecified atom stereocenters. The van der Waals surface area contributed by atoms with Crippen LogP contribution in [0.15, 0.2) is 58.1 Å². The van der Waals surface area contributed by atoms with Crippen LogP contribution in [0.3, 0.4) is 0 Å². The minimum absolute atomic E-state index is 0. The molecule has 2 aromatic rings. The number of nitrogens with zero attached hydrogens (tertiary/aromatic N) is 2. The van der Waals surface area contributed by atoms with Gasteiger partial charge in [-0.15, -0.1) is 24.0 Å². The van der Waals surface area contributed by atoms with Crippen molar-refractivity contribution in [3.8, 4) is 0 Å². The standard InChI is InChI=1S/C20H30N4O.HI/c1-4-21-20(22-13-12-19-11-8-14-25-19)23-15-17(2)24(3)16-18-9-6-5-7-10-18;/h5-11,14,17H,4,12-13,15-16H2,1-3H3,(H2,21,22,23);1H. The average Bonchev–Trinajstić information content (AvgIpc) is 3.13. The number of hydrogen-bond acceptors (Lipinski definition) is 3. The van der Waals surface area contributed by atoms with Gasteiger partial charge in [-0.1, -0.05) is 30.3 Å². The number of furan rings is 1. The molecule has 0 aliphatic carbocycles. The van der Waals surface area contributed by atoms with Crippen LogP contribution < -0.4 is 10.6 Å². The van der Waals surface area contributed by atoms with E-state index in [-0.39, 0.29) is 24.0 Å². The molecule has 6 heteroatoms. The van der Waals surface area contributed by atoms with E-state index in [2.05, 4.69) is 60.7 Å². The Morgan fingerprint density at radius 3 is 2.58 bits per heavy atom. The molecule has 0 aliphatic heterocycles. The number of benzene rings is 1. The molecule has 2 N–H and O–H groups in total. The van der Waals surface area contributed by atoms with Crippen molar-refractivity contribution in [1.29, 1.82) is 0 Å². The largest absolute Gasteiger partial charge is 0.469 e. The van der Waals surface area contributed by atoms with Crippen molar-refractivity contribution in [1.82, 2.24) is 15.5 Å². The van der Waals surface area contributed by atoms with Gasteiger partial charge >= 0.3 is 0 Å². The van der Waals surface area contributed by atoms with E-state index in [4.69, 9.17) is 9.41 Å². The first kappa shape index (κ1) is 22.5. The minimum Gasteiger partial charge on any atom is -0.469 e. The fraction of sp³-hybridized carbons (Fsp3) is 0.450. The number of nitrogens with one attached hydrogen (secondary N) is 2. The molecule has 1 aromatic carbocycles. The molecular weight excluding hydrogens is 439 g/mol. The quantitative estimate of drug-likeness (QED) is 0.335. The molecule has 2 rings (SSSR count). The lowest BCUT2D eigenvalue weighted by molar-refractivity contribution is 0.255. The van der Waals surface area contributed by atoms with Gasteiger partial charge in [-0.25, -0.2) is 0 Å². The molecule has 0 saturated carbocycles. The highest BCUT2D eigenvalue weighted by Gasteiger charge is 2.09. The third-order valence-corrected chi connectivity index (χ3v) is 4.13. The van der Waals surface area contributed by atoms with Gasteiger partial charge in [0.1, 0.15) is 5.76 Å². The smallest absolute Gasteiger partial charge is 0.191 e. The Kier molecular flexibility index (Phi) is 11.0. The summed E-state index contributed by atoms with van der Waals surface area (Å²) in [6, 6.07) is 14.8. The highest BCUT2D eigenvalue weighted by Crippen LogP contribution is 2.06. The molecule has 1 heterocycles. The maximum absolute atomic E-state index is 5.35. The first-order valence-corrected chi connectivity index (χ1v) is 8.97. The summed E-state index contributed by atoms with van der Waals surface area (Å²) in [4.78, 5) is 7.04. The van der Waals surface area contributed by atoms with E-state index in [9.17, 15) is 0 Å². The Labute approximate surface area is 174 Å². The predicted molar refractivity (Wildman–Crippen MR) is 119 cm³/mol. The third-order valence-electron chi connectivity index (χ3n) is 4.13. The van der Waals surface area contributed by atoms with Crippen molar-refractivity contribution in [3.05, 3.63) is 60.1 Å². The van der Waals surface area contributed by atoms with Crippen LogP contribution in [0.25, 0.3) is 0 Å². The maximum atomic E-state index is 5.35. The highest BCUT2D eigenvalue weighted by atomic mass is 127. The first-order chi connectivity index (χ1) is 12.2.